The third-order valence-corrected chi connectivity index (χ3v) is 5.17. The van der Waals surface area contributed by atoms with E-state index < -0.39 is 0 Å². The van der Waals surface area contributed by atoms with Crippen molar-refractivity contribution in [2.24, 2.45) is 5.16 Å². The highest BCUT2D eigenvalue weighted by molar-refractivity contribution is 6.01. The van der Waals surface area contributed by atoms with Crippen molar-refractivity contribution in [3.8, 4) is 16.9 Å². The zero-order chi connectivity index (χ0) is 21.8. The molecule has 31 heavy (non-hydrogen) atoms. The van der Waals surface area contributed by atoms with Crippen LogP contribution in [0.25, 0.3) is 16.9 Å². The zero-order valence-corrected chi connectivity index (χ0v) is 17.3. The molecular formula is C26H22F2N2O. The van der Waals surface area contributed by atoms with Crippen molar-refractivity contribution in [2.45, 2.75) is 20.5 Å². The van der Waals surface area contributed by atoms with Crippen LogP contribution in [-0.2, 0) is 11.4 Å². The first-order chi connectivity index (χ1) is 15.0. The van der Waals surface area contributed by atoms with Crippen LogP contribution in [0.1, 0.15) is 23.7 Å². The molecule has 0 unspecified atom stereocenters. The van der Waals surface area contributed by atoms with Crippen LogP contribution in [0.3, 0.4) is 0 Å². The highest BCUT2D eigenvalue weighted by Gasteiger charge is 2.17. The van der Waals surface area contributed by atoms with Gasteiger partial charge in [0, 0.05) is 22.5 Å². The number of nitrogens with zero attached hydrogens (tertiary/aromatic N) is 2. The molecule has 0 fully saturated rings. The van der Waals surface area contributed by atoms with Gasteiger partial charge in [0.15, 0.2) is 0 Å². The second-order valence-corrected chi connectivity index (χ2v) is 7.25. The second kappa shape index (κ2) is 8.96. The van der Waals surface area contributed by atoms with Crippen LogP contribution in [0, 0.1) is 18.6 Å². The average molecular weight is 416 g/mol. The number of rotatable bonds is 6. The van der Waals surface area contributed by atoms with Crippen LogP contribution in [-0.4, -0.2) is 10.3 Å². The van der Waals surface area contributed by atoms with Crippen LogP contribution < -0.4 is 0 Å². The lowest BCUT2D eigenvalue weighted by molar-refractivity contribution is 0.128. The molecule has 0 N–H and O–H groups in total. The number of hydrogen-bond acceptors (Lipinski definition) is 2. The summed E-state index contributed by atoms with van der Waals surface area (Å²) < 4.78 is 29.4. The van der Waals surface area contributed by atoms with E-state index in [0.717, 1.165) is 28.2 Å². The molecule has 3 nitrogen and oxygen atoms in total. The fraction of sp³-hybridized carbons (Fsp3) is 0.115. The van der Waals surface area contributed by atoms with E-state index in [9.17, 15) is 8.78 Å². The maximum Gasteiger partial charge on any atom is 0.145 e. The van der Waals surface area contributed by atoms with E-state index in [-0.39, 0.29) is 18.2 Å². The lowest BCUT2D eigenvalue weighted by Gasteiger charge is -2.12. The SMILES string of the molecule is CC(=NOCc1ccccc1F)c1cc(-c2ccc(F)cc2)n(-c2ccccc2)c1C. The van der Waals surface area contributed by atoms with Crippen LogP contribution in [0.5, 0.6) is 0 Å². The summed E-state index contributed by atoms with van der Waals surface area (Å²) in [5.41, 5.74) is 5.79. The molecule has 4 aromatic rings. The largest absolute Gasteiger partial charge is 0.391 e. The Morgan fingerprint density at radius 1 is 0.903 bits per heavy atom. The molecule has 0 saturated carbocycles. The Morgan fingerprint density at radius 3 is 2.29 bits per heavy atom. The van der Waals surface area contributed by atoms with Crippen molar-refractivity contribution in [1.82, 2.24) is 4.57 Å². The smallest absolute Gasteiger partial charge is 0.145 e. The van der Waals surface area contributed by atoms with E-state index in [4.69, 9.17) is 4.84 Å². The van der Waals surface area contributed by atoms with Crippen molar-refractivity contribution in [3.63, 3.8) is 0 Å². The predicted molar refractivity (Wildman–Crippen MR) is 119 cm³/mol. The number of para-hydroxylation sites is 1. The number of oxime groups is 1. The van der Waals surface area contributed by atoms with Crippen LogP contribution in [0.15, 0.2) is 90.1 Å². The molecule has 1 aromatic heterocycles. The van der Waals surface area contributed by atoms with Gasteiger partial charge in [-0.25, -0.2) is 8.78 Å². The van der Waals surface area contributed by atoms with E-state index in [1.54, 1.807) is 30.3 Å². The Kier molecular flexibility index (Phi) is 5.94. The number of halogens is 2. The molecular weight excluding hydrogens is 394 g/mol. The van der Waals surface area contributed by atoms with Gasteiger partial charge in [-0.15, -0.1) is 0 Å². The molecule has 0 aliphatic carbocycles. The predicted octanol–water partition coefficient (Wildman–Crippen LogP) is 6.67. The molecule has 156 valence electrons. The summed E-state index contributed by atoms with van der Waals surface area (Å²) in [5, 5.41) is 4.22. The van der Waals surface area contributed by atoms with E-state index in [1.807, 2.05) is 50.2 Å². The molecule has 0 bridgehead atoms. The first-order valence-electron chi connectivity index (χ1n) is 9.98. The Morgan fingerprint density at radius 2 is 1.58 bits per heavy atom. The summed E-state index contributed by atoms with van der Waals surface area (Å²) in [6.07, 6.45) is 0. The maximum absolute atomic E-state index is 13.8. The monoisotopic (exact) mass is 416 g/mol. The van der Waals surface area contributed by atoms with Gasteiger partial charge in [0.25, 0.3) is 0 Å². The lowest BCUT2D eigenvalue weighted by Crippen LogP contribution is -2.02. The van der Waals surface area contributed by atoms with Gasteiger partial charge >= 0.3 is 0 Å². The molecule has 0 spiro atoms. The van der Waals surface area contributed by atoms with Crippen molar-refractivity contribution in [1.29, 1.82) is 0 Å². The van der Waals surface area contributed by atoms with Gasteiger partial charge < -0.3 is 9.40 Å². The van der Waals surface area contributed by atoms with E-state index in [2.05, 4.69) is 9.72 Å². The van der Waals surface area contributed by atoms with E-state index in [1.165, 1.54) is 18.2 Å². The first-order valence-corrected chi connectivity index (χ1v) is 9.98. The van der Waals surface area contributed by atoms with E-state index >= 15 is 0 Å². The minimum Gasteiger partial charge on any atom is -0.391 e. The van der Waals surface area contributed by atoms with Gasteiger partial charge in [-0.2, -0.15) is 0 Å². The third kappa shape index (κ3) is 4.40. The Bertz CT molecular complexity index is 1210. The fourth-order valence-corrected chi connectivity index (χ4v) is 3.58. The average Bonchev–Trinajstić information content (AvgIpc) is 3.13. The lowest BCUT2D eigenvalue weighted by atomic mass is 10.1. The summed E-state index contributed by atoms with van der Waals surface area (Å²) in [5.74, 6) is -0.599. The number of benzene rings is 3. The van der Waals surface area contributed by atoms with Crippen molar-refractivity contribution in [3.05, 3.63) is 113 Å². The minimum atomic E-state index is -0.319. The molecule has 0 aliphatic rings. The van der Waals surface area contributed by atoms with Crippen LogP contribution in [0.4, 0.5) is 8.78 Å². The Hall–Kier alpha value is -3.73. The summed E-state index contributed by atoms with van der Waals surface area (Å²) in [6.45, 7) is 3.91. The maximum atomic E-state index is 13.8. The van der Waals surface area contributed by atoms with Gasteiger partial charge in [0.2, 0.25) is 0 Å². The molecule has 0 radical (unpaired) electrons. The molecule has 0 saturated heterocycles. The Balaban J connectivity index is 1.71. The molecule has 4 rings (SSSR count). The van der Waals surface area contributed by atoms with Crippen molar-refractivity contribution in [2.75, 3.05) is 0 Å². The second-order valence-electron chi connectivity index (χ2n) is 7.25. The molecule has 1 heterocycles. The van der Waals surface area contributed by atoms with Crippen molar-refractivity contribution >= 4 is 5.71 Å². The normalized spacial score (nSPS) is 11.5. The number of hydrogen-bond donors (Lipinski definition) is 0. The summed E-state index contributed by atoms with van der Waals surface area (Å²) >= 11 is 0. The van der Waals surface area contributed by atoms with Gasteiger partial charge in [-0.3, -0.25) is 0 Å². The van der Waals surface area contributed by atoms with Gasteiger partial charge in [0.05, 0.1) is 11.4 Å². The summed E-state index contributed by atoms with van der Waals surface area (Å²) in [4.78, 5) is 5.44. The van der Waals surface area contributed by atoms with Crippen LogP contribution in [0.2, 0.25) is 0 Å². The Labute approximate surface area is 180 Å². The standard InChI is InChI=1S/C26H22F2N2O/c1-18(29-31-17-21-8-6-7-11-25(21)28)24-16-26(20-12-14-22(27)15-13-20)30(19(24)2)23-9-4-3-5-10-23/h3-16H,17H2,1-2H3. The zero-order valence-electron chi connectivity index (χ0n) is 17.3. The topological polar surface area (TPSA) is 26.5 Å². The molecule has 0 atom stereocenters. The summed E-state index contributed by atoms with van der Waals surface area (Å²) in [7, 11) is 0. The molecule has 0 aliphatic heterocycles. The molecule has 3 aromatic carbocycles. The molecule has 5 heteroatoms. The highest BCUT2D eigenvalue weighted by Crippen LogP contribution is 2.30. The van der Waals surface area contributed by atoms with Crippen LogP contribution >= 0.6 is 0 Å². The van der Waals surface area contributed by atoms with Gasteiger partial charge in [0.1, 0.15) is 18.2 Å². The number of aromatic nitrogens is 1. The fourth-order valence-electron chi connectivity index (χ4n) is 3.58. The minimum absolute atomic E-state index is 0.0489. The van der Waals surface area contributed by atoms with Gasteiger partial charge in [-0.1, -0.05) is 41.6 Å². The quantitative estimate of drug-likeness (QED) is 0.255. The van der Waals surface area contributed by atoms with Gasteiger partial charge in [-0.05, 0) is 67.9 Å². The highest BCUT2D eigenvalue weighted by atomic mass is 19.1. The third-order valence-electron chi connectivity index (χ3n) is 5.17. The summed E-state index contributed by atoms with van der Waals surface area (Å²) in [6, 6.07) is 24.8. The first kappa shape index (κ1) is 20.5. The van der Waals surface area contributed by atoms with E-state index in [0.29, 0.717) is 11.3 Å². The molecule has 0 amide bonds. The van der Waals surface area contributed by atoms with Crippen molar-refractivity contribution < 1.29 is 13.6 Å².